The van der Waals surface area contributed by atoms with Crippen molar-refractivity contribution in [1.82, 2.24) is 10.0 Å². The molecule has 10 heteroatoms. The van der Waals surface area contributed by atoms with Crippen LogP contribution in [0.15, 0.2) is 41.3 Å². The standard InChI is InChI=1S/C23H27N3O6S/c1-14(2)22(23(28)24-12-16-4-7-20-21(10-16)32-13-31-20)25-33(29,30)18-5-6-19-17(11-18)8-9-26(19)15(3)27/h4-7,10-11,14,22,25H,8-9,12-13H2,1-3H3,(H,24,28)/t22-/m1/s1. The molecule has 0 saturated heterocycles. The first kappa shape index (κ1) is 23.1. The van der Waals surface area contributed by atoms with Crippen LogP contribution in [0.3, 0.4) is 0 Å². The van der Waals surface area contributed by atoms with Crippen LogP contribution in [0.25, 0.3) is 0 Å². The van der Waals surface area contributed by atoms with Crippen molar-refractivity contribution in [2.45, 2.75) is 44.7 Å². The van der Waals surface area contributed by atoms with Gasteiger partial charge in [-0.15, -0.1) is 0 Å². The van der Waals surface area contributed by atoms with Crippen molar-refractivity contribution < 1.29 is 27.5 Å². The van der Waals surface area contributed by atoms with Gasteiger partial charge in [0.05, 0.1) is 4.90 Å². The number of fused-ring (bicyclic) bond motifs is 2. The summed E-state index contributed by atoms with van der Waals surface area (Å²) >= 11 is 0. The van der Waals surface area contributed by atoms with Gasteiger partial charge in [-0.05, 0) is 53.8 Å². The molecule has 2 aliphatic rings. The summed E-state index contributed by atoms with van der Waals surface area (Å²) in [6, 6.07) is 9.09. The van der Waals surface area contributed by atoms with E-state index in [9.17, 15) is 18.0 Å². The lowest BCUT2D eigenvalue weighted by Crippen LogP contribution is -2.49. The fourth-order valence-corrected chi connectivity index (χ4v) is 5.34. The van der Waals surface area contributed by atoms with E-state index in [0.717, 1.165) is 16.8 Å². The first-order chi connectivity index (χ1) is 15.7. The van der Waals surface area contributed by atoms with Crippen molar-refractivity contribution in [2.24, 2.45) is 5.92 Å². The average molecular weight is 474 g/mol. The number of amides is 2. The average Bonchev–Trinajstić information content (AvgIpc) is 3.41. The molecule has 0 spiro atoms. The van der Waals surface area contributed by atoms with Crippen molar-refractivity contribution in [3.05, 3.63) is 47.5 Å². The number of nitrogens with zero attached hydrogens (tertiary/aromatic N) is 1. The number of hydrogen-bond donors (Lipinski definition) is 2. The molecule has 1 atom stereocenters. The predicted octanol–water partition coefficient (Wildman–Crippen LogP) is 1.94. The van der Waals surface area contributed by atoms with Crippen molar-refractivity contribution in [2.75, 3.05) is 18.2 Å². The number of ether oxygens (including phenoxy) is 2. The topological polar surface area (TPSA) is 114 Å². The number of carbonyl (C=O) groups excluding carboxylic acids is 2. The van der Waals surface area contributed by atoms with Gasteiger partial charge in [-0.3, -0.25) is 9.59 Å². The molecule has 176 valence electrons. The van der Waals surface area contributed by atoms with Gasteiger partial charge in [-0.25, -0.2) is 8.42 Å². The largest absolute Gasteiger partial charge is 0.454 e. The monoisotopic (exact) mass is 473 g/mol. The molecule has 4 rings (SSSR count). The van der Waals surface area contributed by atoms with E-state index < -0.39 is 22.0 Å². The van der Waals surface area contributed by atoms with E-state index in [1.54, 1.807) is 43.0 Å². The summed E-state index contributed by atoms with van der Waals surface area (Å²) in [6.07, 6.45) is 0.585. The van der Waals surface area contributed by atoms with Crippen molar-refractivity contribution in [3.63, 3.8) is 0 Å². The van der Waals surface area contributed by atoms with Crippen LogP contribution in [-0.2, 0) is 32.6 Å². The maximum Gasteiger partial charge on any atom is 0.241 e. The van der Waals surface area contributed by atoms with Crippen LogP contribution in [0, 0.1) is 5.92 Å². The minimum Gasteiger partial charge on any atom is -0.454 e. The van der Waals surface area contributed by atoms with Gasteiger partial charge in [-0.2, -0.15) is 4.72 Å². The lowest BCUT2D eigenvalue weighted by atomic mass is 10.0. The van der Waals surface area contributed by atoms with Gasteiger partial charge in [0.15, 0.2) is 11.5 Å². The zero-order valence-corrected chi connectivity index (χ0v) is 19.6. The number of carbonyl (C=O) groups is 2. The zero-order chi connectivity index (χ0) is 23.8. The van der Waals surface area contributed by atoms with Crippen molar-refractivity contribution in [3.8, 4) is 11.5 Å². The van der Waals surface area contributed by atoms with E-state index in [1.807, 2.05) is 6.07 Å². The van der Waals surface area contributed by atoms with Gasteiger partial charge in [0, 0.05) is 25.7 Å². The number of benzene rings is 2. The Kier molecular flexibility index (Phi) is 6.31. The molecule has 2 N–H and O–H groups in total. The van der Waals surface area contributed by atoms with Crippen molar-refractivity contribution in [1.29, 1.82) is 0 Å². The number of anilines is 1. The third-order valence-electron chi connectivity index (χ3n) is 5.77. The third-order valence-corrected chi connectivity index (χ3v) is 7.21. The first-order valence-corrected chi connectivity index (χ1v) is 12.2. The number of rotatable bonds is 7. The Bertz CT molecular complexity index is 1190. The predicted molar refractivity (Wildman–Crippen MR) is 122 cm³/mol. The Morgan fingerprint density at radius 3 is 2.58 bits per heavy atom. The second kappa shape index (κ2) is 9.03. The van der Waals surface area contributed by atoms with E-state index in [-0.39, 0.29) is 30.1 Å². The van der Waals surface area contributed by atoms with Gasteiger partial charge in [0.25, 0.3) is 0 Å². The van der Waals surface area contributed by atoms with Crippen LogP contribution in [0.2, 0.25) is 0 Å². The smallest absolute Gasteiger partial charge is 0.241 e. The van der Waals surface area contributed by atoms with Crippen LogP contribution < -0.4 is 24.4 Å². The molecule has 0 fully saturated rings. The second-order valence-electron chi connectivity index (χ2n) is 8.46. The molecule has 0 aliphatic carbocycles. The number of hydrogen-bond acceptors (Lipinski definition) is 6. The Labute approximate surface area is 193 Å². The Balaban J connectivity index is 1.45. The minimum absolute atomic E-state index is 0.0703. The van der Waals surface area contributed by atoms with E-state index in [4.69, 9.17) is 9.47 Å². The molecule has 0 unspecified atom stereocenters. The summed E-state index contributed by atoms with van der Waals surface area (Å²) in [5.41, 5.74) is 2.33. The summed E-state index contributed by atoms with van der Waals surface area (Å²) in [6.45, 7) is 5.95. The summed E-state index contributed by atoms with van der Waals surface area (Å²) in [5.74, 6) is 0.484. The highest BCUT2D eigenvalue weighted by molar-refractivity contribution is 7.89. The Morgan fingerprint density at radius 2 is 1.85 bits per heavy atom. The number of sulfonamides is 1. The molecule has 9 nitrogen and oxygen atoms in total. The maximum absolute atomic E-state index is 13.1. The van der Waals surface area contributed by atoms with Crippen LogP contribution in [-0.4, -0.2) is 39.6 Å². The van der Waals surface area contributed by atoms with Gasteiger partial charge in [0.1, 0.15) is 6.04 Å². The summed E-state index contributed by atoms with van der Waals surface area (Å²) in [4.78, 5) is 26.3. The fraction of sp³-hybridized carbons (Fsp3) is 0.391. The van der Waals surface area contributed by atoms with Gasteiger partial charge < -0.3 is 19.7 Å². The number of nitrogens with one attached hydrogen (secondary N) is 2. The van der Waals surface area contributed by atoms with E-state index >= 15 is 0 Å². The molecule has 2 heterocycles. The molecular weight excluding hydrogens is 446 g/mol. The van der Waals surface area contributed by atoms with Gasteiger partial charge in [0.2, 0.25) is 28.6 Å². The summed E-state index contributed by atoms with van der Waals surface area (Å²) < 4.78 is 39.3. The lowest BCUT2D eigenvalue weighted by molar-refractivity contribution is -0.123. The molecule has 0 aromatic heterocycles. The quantitative estimate of drug-likeness (QED) is 0.635. The zero-order valence-electron chi connectivity index (χ0n) is 18.8. The molecule has 0 saturated carbocycles. The van der Waals surface area contributed by atoms with Crippen LogP contribution in [0.5, 0.6) is 11.5 Å². The first-order valence-electron chi connectivity index (χ1n) is 10.8. The minimum atomic E-state index is -3.95. The van der Waals surface area contributed by atoms with Gasteiger partial charge >= 0.3 is 0 Å². The van der Waals surface area contributed by atoms with E-state index in [2.05, 4.69) is 10.0 Å². The Hall–Kier alpha value is -3.11. The van der Waals surface area contributed by atoms with Crippen LogP contribution in [0.4, 0.5) is 5.69 Å². The van der Waals surface area contributed by atoms with Crippen LogP contribution in [0.1, 0.15) is 31.9 Å². The Morgan fingerprint density at radius 1 is 1.09 bits per heavy atom. The van der Waals surface area contributed by atoms with Crippen molar-refractivity contribution >= 4 is 27.5 Å². The lowest BCUT2D eigenvalue weighted by Gasteiger charge is -2.22. The molecule has 0 radical (unpaired) electrons. The molecule has 2 aromatic carbocycles. The third kappa shape index (κ3) is 4.81. The highest BCUT2D eigenvalue weighted by Crippen LogP contribution is 2.32. The second-order valence-corrected chi connectivity index (χ2v) is 10.2. The molecule has 0 bridgehead atoms. The summed E-state index contributed by atoms with van der Waals surface area (Å²) in [7, 11) is -3.95. The molecule has 33 heavy (non-hydrogen) atoms. The fourth-order valence-electron chi connectivity index (χ4n) is 3.95. The molecular formula is C23H27N3O6S. The normalized spacial score (nSPS) is 15.5. The van der Waals surface area contributed by atoms with Crippen LogP contribution >= 0.6 is 0 Å². The summed E-state index contributed by atoms with van der Waals surface area (Å²) in [5, 5.41) is 2.80. The highest BCUT2D eigenvalue weighted by atomic mass is 32.2. The van der Waals surface area contributed by atoms with Gasteiger partial charge in [-0.1, -0.05) is 19.9 Å². The van der Waals surface area contributed by atoms with E-state index in [0.29, 0.717) is 24.5 Å². The molecule has 2 aromatic rings. The highest BCUT2D eigenvalue weighted by Gasteiger charge is 2.30. The molecule has 2 amide bonds. The SMILES string of the molecule is CC(=O)N1CCc2cc(S(=O)(=O)N[C@@H](C(=O)NCc3ccc4c(c3)OCO4)C(C)C)ccc21. The maximum atomic E-state index is 13.1. The molecule has 2 aliphatic heterocycles. The van der Waals surface area contributed by atoms with E-state index in [1.165, 1.54) is 13.0 Å².